The number of anilines is 1. The summed E-state index contributed by atoms with van der Waals surface area (Å²) in [6.07, 6.45) is -0.199. The summed E-state index contributed by atoms with van der Waals surface area (Å²) >= 11 is 0. The lowest BCUT2D eigenvalue weighted by atomic mass is 10.1. The molecule has 1 atom stereocenters. The van der Waals surface area contributed by atoms with Gasteiger partial charge in [0.15, 0.2) is 0 Å². The molecule has 128 valence electrons. The number of carbonyl (C=O) groups is 2. The Morgan fingerprint density at radius 2 is 2.04 bits per heavy atom. The molecule has 0 aliphatic heterocycles. The van der Waals surface area contributed by atoms with Crippen LogP contribution in [0.1, 0.15) is 36.3 Å². The van der Waals surface area contributed by atoms with Crippen LogP contribution in [0.2, 0.25) is 0 Å². The summed E-state index contributed by atoms with van der Waals surface area (Å²) in [7, 11) is 0. The van der Waals surface area contributed by atoms with Gasteiger partial charge in [-0.05, 0) is 44.5 Å². The van der Waals surface area contributed by atoms with Gasteiger partial charge >= 0.3 is 5.97 Å². The van der Waals surface area contributed by atoms with Crippen LogP contribution in [0.15, 0.2) is 24.3 Å². The summed E-state index contributed by atoms with van der Waals surface area (Å²) in [5.41, 5.74) is 2.23. The fourth-order valence-electron chi connectivity index (χ4n) is 2.59. The second kappa shape index (κ2) is 7.25. The Hall–Kier alpha value is -2.70. The first kappa shape index (κ1) is 17.7. The zero-order chi connectivity index (χ0) is 17.9. The summed E-state index contributed by atoms with van der Waals surface area (Å²) in [6, 6.07) is 5.79. The van der Waals surface area contributed by atoms with Gasteiger partial charge in [0.25, 0.3) is 0 Å². The third-order valence-electron chi connectivity index (χ3n) is 3.62. The van der Waals surface area contributed by atoms with Crippen molar-refractivity contribution in [3.05, 3.63) is 47.0 Å². The number of carboxylic acids is 1. The van der Waals surface area contributed by atoms with Gasteiger partial charge in [0.1, 0.15) is 5.82 Å². The Morgan fingerprint density at radius 1 is 1.33 bits per heavy atom. The average Bonchev–Trinajstić information content (AvgIpc) is 2.80. The number of aliphatic carboxylic acids is 1. The third-order valence-corrected chi connectivity index (χ3v) is 3.62. The second-order valence-corrected chi connectivity index (χ2v) is 5.85. The molecule has 7 heteroatoms. The Kier molecular flexibility index (Phi) is 5.33. The first-order valence-electron chi connectivity index (χ1n) is 7.59. The summed E-state index contributed by atoms with van der Waals surface area (Å²) in [5.74, 6) is -2.02. The quantitative estimate of drug-likeness (QED) is 0.851. The smallest absolute Gasteiger partial charge is 0.307 e. The van der Waals surface area contributed by atoms with Gasteiger partial charge in [-0.1, -0.05) is 6.07 Å². The molecular weight excluding hydrogens is 313 g/mol. The maximum atomic E-state index is 13.8. The number of aryl methyl sites for hydroxylation is 2. The SMILES string of the molecule is Cc1cc(C)n([C@H](C)CC(=O)Nc2ccc(CC(=O)O)c(F)c2)n1. The molecular formula is C17H20FN3O3. The van der Waals surface area contributed by atoms with E-state index in [-0.39, 0.29) is 23.9 Å². The van der Waals surface area contributed by atoms with Crippen LogP contribution in [0.5, 0.6) is 0 Å². The molecule has 1 aromatic heterocycles. The minimum atomic E-state index is -1.11. The molecule has 1 aromatic carbocycles. The Labute approximate surface area is 139 Å². The van der Waals surface area contributed by atoms with Crippen LogP contribution in [0.3, 0.4) is 0 Å². The van der Waals surface area contributed by atoms with Crippen molar-refractivity contribution in [3.63, 3.8) is 0 Å². The second-order valence-electron chi connectivity index (χ2n) is 5.85. The first-order valence-corrected chi connectivity index (χ1v) is 7.59. The summed E-state index contributed by atoms with van der Waals surface area (Å²) in [4.78, 5) is 22.7. The number of benzene rings is 1. The number of nitrogens with one attached hydrogen (secondary N) is 1. The molecule has 0 bridgehead atoms. The van der Waals surface area contributed by atoms with Crippen molar-refractivity contribution in [1.82, 2.24) is 9.78 Å². The van der Waals surface area contributed by atoms with Gasteiger partial charge in [-0.3, -0.25) is 14.3 Å². The summed E-state index contributed by atoms with van der Waals surface area (Å²) < 4.78 is 15.6. The normalized spacial score (nSPS) is 12.0. The molecule has 0 unspecified atom stereocenters. The van der Waals surface area contributed by atoms with Crippen LogP contribution >= 0.6 is 0 Å². The maximum absolute atomic E-state index is 13.8. The largest absolute Gasteiger partial charge is 0.481 e. The van der Waals surface area contributed by atoms with E-state index in [1.54, 1.807) is 4.68 Å². The Balaban J connectivity index is 2.00. The number of aromatic nitrogens is 2. The van der Waals surface area contributed by atoms with E-state index in [2.05, 4.69) is 10.4 Å². The molecule has 0 saturated carbocycles. The lowest BCUT2D eigenvalue weighted by Gasteiger charge is -2.14. The molecule has 0 aliphatic carbocycles. The Morgan fingerprint density at radius 3 is 2.58 bits per heavy atom. The molecule has 0 radical (unpaired) electrons. The van der Waals surface area contributed by atoms with E-state index in [1.807, 2.05) is 26.8 Å². The highest BCUT2D eigenvalue weighted by Gasteiger charge is 2.15. The fraction of sp³-hybridized carbons (Fsp3) is 0.353. The molecule has 0 spiro atoms. The van der Waals surface area contributed by atoms with E-state index >= 15 is 0 Å². The standard InChI is InChI=1S/C17H20FN3O3/c1-10-6-11(2)21(20-10)12(3)7-16(22)19-14-5-4-13(8-17(23)24)15(18)9-14/h4-6,9,12H,7-8H2,1-3H3,(H,19,22)(H,23,24)/t12-/m1/s1. The number of carboxylic acid groups (broad SMARTS) is 1. The van der Waals surface area contributed by atoms with Crippen molar-refractivity contribution in [2.24, 2.45) is 0 Å². The van der Waals surface area contributed by atoms with Crippen molar-refractivity contribution in [3.8, 4) is 0 Å². The number of hydrogen-bond acceptors (Lipinski definition) is 3. The van der Waals surface area contributed by atoms with E-state index in [1.165, 1.54) is 12.1 Å². The molecule has 2 N–H and O–H groups in total. The zero-order valence-electron chi connectivity index (χ0n) is 13.8. The van der Waals surface area contributed by atoms with Crippen LogP contribution in [0.4, 0.5) is 10.1 Å². The summed E-state index contributed by atoms with van der Waals surface area (Å²) in [5, 5.41) is 15.7. The Bertz CT molecular complexity index is 770. The number of rotatable bonds is 6. The van der Waals surface area contributed by atoms with Crippen LogP contribution in [0, 0.1) is 19.7 Å². The minimum absolute atomic E-state index is 0.0801. The van der Waals surface area contributed by atoms with E-state index in [9.17, 15) is 14.0 Å². The van der Waals surface area contributed by atoms with Crippen molar-refractivity contribution >= 4 is 17.6 Å². The van der Waals surface area contributed by atoms with Crippen LogP contribution < -0.4 is 5.32 Å². The monoisotopic (exact) mass is 333 g/mol. The molecule has 0 fully saturated rings. The lowest BCUT2D eigenvalue weighted by Crippen LogP contribution is -2.19. The fourth-order valence-corrected chi connectivity index (χ4v) is 2.59. The highest BCUT2D eigenvalue weighted by Crippen LogP contribution is 2.18. The average molecular weight is 333 g/mol. The van der Waals surface area contributed by atoms with E-state index in [4.69, 9.17) is 5.11 Å². The minimum Gasteiger partial charge on any atom is -0.481 e. The molecule has 0 aliphatic rings. The first-order chi connectivity index (χ1) is 11.3. The maximum Gasteiger partial charge on any atom is 0.307 e. The zero-order valence-corrected chi connectivity index (χ0v) is 13.8. The van der Waals surface area contributed by atoms with Crippen molar-refractivity contribution in [1.29, 1.82) is 0 Å². The number of nitrogens with zero attached hydrogens (tertiary/aromatic N) is 2. The van der Waals surface area contributed by atoms with Crippen LogP contribution in [-0.4, -0.2) is 26.8 Å². The van der Waals surface area contributed by atoms with Gasteiger partial charge < -0.3 is 10.4 Å². The molecule has 1 amide bonds. The molecule has 24 heavy (non-hydrogen) atoms. The molecule has 2 aromatic rings. The van der Waals surface area contributed by atoms with Gasteiger partial charge in [0, 0.05) is 17.8 Å². The highest BCUT2D eigenvalue weighted by molar-refractivity contribution is 5.91. The van der Waals surface area contributed by atoms with Crippen molar-refractivity contribution in [2.75, 3.05) is 5.32 Å². The predicted octanol–water partition coefficient (Wildman–Crippen LogP) is 2.86. The molecule has 6 nitrogen and oxygen atoms in total. The van der Waals surface area contributed by atoms with E-state index in [0.29, 0.717) is 5.69 Å². The molecule has 2 rings (SSSR count). The van der Waals surface area contributed by atoms with Gasteiger partial charge in [-0.15, -0.1) is 0 Å². The number of halogens is 1. The van der Waals surface area contributed by atoms with Crippen LogP contribution in [0.25, 0.3) is 0 Å². The van der Waals surface area contributed by atoms with Crippen molar-refractivity contribution < 1.29 is 19.1 Å². The van der Waals surface area contributed by atoms with Gasteiger partial charge in [0.2, 0.25) is 5.91 Å². The molecule has 1 heterocycles. The molecule has 0 saturated heterocycles. The highest BCUT2D eigenvalue weighted by atomic mass is 19.1. The summed E-state index contributed by atoms with van der Waals surface area (Å²) in [6.45, 7) is 5.69. The lowest BCUT2D eigenvalue weighted by molar-refractivity contribution is -0.136. The van der Waals surface area contributed by atoms with Crippen LogP contribution in [-0.2, 0) is 16.0 Å². The number of amides is 1. The van der Waals surface area contributed by atoms with E-state index in [0.717, 1.165) is 17.5 Å². The van der Waals surface area contributed by atoms with Gasteiger partial charge in [-0.25, -0.2) is 4.39 Å². The topological polar surface area (TPSA) is 84.2 Å². The van der Waals surface area contributed by atoms with Gasteiger partial charge in [-0.2, -0.15) is 5.10 Å². The predicted molar refractivity (Wildman–Crippen MR) is 87.4 cm³/mol. The number of carbonyl (C=O) groups excluding carboxylic acids is 1. The third kappa shape index (κ3) is 4.41. The number of hydrogen-bond donors (Lipinski definition) is 2. The van der Waals surface area contributed by atoms with Crippen molar-refractivity contribution in [2.45, 2.75) is 39.7 Å². The van der Waals surface area contributed by atoms with Gasteiger partial charge in [0.05, 0.1) is 18.2 Å². The van der Waals surface area contributed by atoms with E-state index < -0.39 is 18.2 Å².